The Hall–Kier alpha value is -3.55. The van der Waals surface area contributed by atoms with Gasteiger partial charge in [-0.25, -0.2) is 9.37 Å². The highest BCUT2D eigenvalue weighted by Gasteiger charge is 2.51. The van der Waals surface area contributed by atoms with Crippen LogP contribution in [0.2, 0.25) is 0 Å². The SMILES string of the molecule is C=C(/C=C(\OC)C(C)(C)C(F)(F)F)CC(=O)Cc1ccc(-c2cnc3cc(CCCC)c(CC)cc3n2)cc1F. The zero-order chi connectivity index (χ0) is 29.7. The Morgan fingerprint density at radius 2 is 1.75 bits per heavy atom. The number of alkyl halides is 3. The van der Waals surface area contributed by atoms with E-state index in [1.54, 1.807) is 12.3 Å². The van der Waals surface area contributed by atoms with Crippen molar-refractivity contribution in [3.05, 3.63) is 83.0 Å². The van der Waals surface area contributed by atoms with Crippen molar-refractivity contribution in [3.63, 3.8) is 0 Å². The number of allylic oxidation sites excluding steroid dienone is 3. The van der Waals surface area contributed by atoms with Gasteiger partial charge >= 0.3 is 6.18 Å². The van der Waals surface area contributed by atoms with Gasteiger partial charge in [-0.1, -0.05) is 39.0 Å². The number of carbonyl (C=O) groups is 1. The third kappa shape index (κ3) is 7.14. The zero-order valence-corrected chi connectivity index (χ0v) is 23.7. The molecule has 0 aliphatic carbocycles. The molecule has 0 atom stereocenters. The average molecular weight is 557 g/mol. The van der Waals surface area contributed by atoms with E-state index in [2.05, 4.69) is 31.5 Å². The summed E-state index contributed by atoms with van der Waals surface area (Å²) in [5, 5.41) is 0. The van der Waals surface area contributed by atoms with Gasteiger partial charge in [-0.3, -0.25) is 9.78 Å². The lowest BCUT2D eigenvalue weighted by Gasteiger charge is -2.29. The minimum atomic E-state index is -4.55. The van der Waals surface area contributed by atoms with Crippen molar-refractivity contribution in [2.45, 2.75) is 72.4 Å². The van der Waals surface area contributed by atoms with Gasteiger partial charge in [0, 0.05) is 18.4 Å². The molecule has 0 radical (unpaired) electrons. The first-order valence-corrected chi connectivity index (χ1v) is 13.4. The van der Waals surface area contributed by atoms with Crippen LogP contribution in [0.5, 0.6) is 0 Å². The number of hydrogen-bond donors (Lipinski definition) is 0. The van der Waals surface area contributed by atoms with Crippen molar-refractivity contribution in [1.29, 1.82) is 0 Å². The maximum atomic E-state index is 15.0. The normalized spacial score (nSPS) is 12.6. The number of fused-ring (bicyclic) bond motifs is 1. The lowest BCUT2D eigenvalue weighted by molar-refractivity contribution is -0.208. The molecule has 8 heteroatoms. The number of hydrogen-bond acceptors (Lipinski definition) is 4. The molecule has 3 aromatic rings. The second-order valence-corrected chi connectivity index (χ2v) is 10.5. The van der Waals surface area contributed by atoms with Gasteiger partial charge in [0.25, 0.3) is 0 Å². The molecule has 0 unspecified atom stereocenters. The van der Waals surface area contributed by atoms with E-state index in [4.69, 9.17) is 9.72 Å². The van der Waals surface area contributed by atoms with E-state index in [1.165, 1.54) is 23.3 Å². The standard InChI is InChI=1S/C32H36F4N2O2/c1-7-9-10-22-18-27-28(17-21(22)8-2)38-29(19-37-27)24-12-11-23(26(33)16-24)15-25(39)13-20(3)14-30(40-6)31(4,5)32(34,35)36/h11-12,14,16-19H,3,7-10,13,15H2,1-2,4-6H3/b30-14-. The molecular weight excluding hydrogens is 520 g/mol. The zero-order valence-electron chi connectivity index (χ0n) is 23.7. The number of nitrogens with zero attached hydrogens (tertiary/aromatic N) is 2. The highest BCUT2D eigenvalue weighted by Crippen LogP contribution is 2.44. The molecule has 0 aliphatic rings. The number of Topliss-reactive ketones (excluding diaryl/α,β-unsaturated/α-hetero) is 1. The smallest absolute Gasteiger partial charge is 0.400 e. The molecule has 214 valence electrons. The lowest BCUT2D eigenvalue weighted by Crippen LogP contribution is -2.34. The molecular formula is C32H36F4N2O2. The first kappa shape index (κ1) is 31.0. The topological polar surface area (TPSA) is 52.1 Å². The molecule has 0 amide bonds. The maximum absolute atomic E-state index is 15.0. The first-order chi connectivity index (χ1) is 18.8. The van der Waals surface area contributed by atoms with Crippen molar-refractivity contribution in [2.75, 3.05) is 7.11 Å². The van der Waals surface area contributed by atoms with E-state index in [0.29, 0.717) is 11.3 Å². The molecule has 1 aromatic heterocycles. The van der Waals surface area contributed by atoms with Crippen molar-refractivity contribution in [3.8, 4) is 11.3 Å². The number of carbonyl (C=O) groups excluding carboxylic acids is 1. The molecule has 0 saturated heterocycles. The number of rotatable bonds is 12. The fraction of sp³-hybridized carbons (Fsp3) is 0.406. The molecule has 0 aliphatic heterocycles. The third-order valence-corrected chi connectivity index (χ3v) is 7.08. The van der Waals surface area contributed by atoms with Crippen LogP contribution in [0.3, 0.4) is 0 Å². The number of aromatic nitrogens is 2. The second kappa shape index (κ2) is 12.7. The summed E-state index contributed by atoms with van der Waals surface area (Å²) in [5.74, 6) is -1.31. The maximum Gasteiger partial charge on any atom is 0.400 e. The molecule has 40 heavy (non-hydrogen) atoms. The van der Waals surface area contributed by atoms with Gasteiger partial charge in [0.1, 0.15) is 22.8 Å². The van der Waals surface area contributed by atoms with Crippen molar-refractivity contribution < 1.29 is 27.1 Å². The third-order valence-electron chi connectivity index (χ3n) is 7.08. The van der Waals surface area contributed by atoms with Crippen molar-refractivity contribution in [1.82, 2.24) is 9.97 Å². The van der Waals surface area contributed by atoms with Gasteiger partial charge in [-0.05, 0) is 79.6 Å². The predicted octanol–water partition coefficient (Wildman–Crippen LogP) is 8.52. The summed E-state index contributed by atoms with van der Waals surface area (Å²) in [4.78, 5) is 21.9. The van der Waals surface area contributed by atoms with E-state index >= 15 is 4.39 Å². The summed E-state index contributed by atoms with van der Waals surface area (Å²) in [6, 6.07) is 8.65. The van der Waals surface area contributed by atoms with Crippen LogP contribution in [0, 0.1) is 11.2 Å². The Bertz CT molecular complexity index is 1420. The number of ketones is 1. The Morgan fingerprint density at radius 1 is 1.05 bits per heavy atom. The summed E-state index contributed by atoms with van der Waals surface area (Å²) >= 11 is 0. The van der Waals surface area contributed by atoms with Crippen molar-refractivity contribution in [2.24, 2.45) is 5.41 Å². The summed E-state index contributed by atoms with van der Waals surface area (Å²) < 4.78 is 60.1. The minimum absolute atomic E-state index is 0.145. The van der Waals surface area contributed by atoms with E-state index in [-0.39, 0.29) is 35.5 Å². The molecule has 0 bridgehead atoms. The lowest BCUT2D eigenvalue weighted by atomic mass is 9.88. The number of benzene rings is 2. The largest absolute Gasteiger partial charge is 0.500 e. The number of unbranched alkanes of at least 4 members (excludes halogenated alkanes) is 1. The van der Waals surface area contributed by atoms with E-state index < -0.39 is 17.4 Å². The summed E-state index contributed by atoms with van der Waals surface area (Å²) in [6.45, 7) is 9.94. The van der Waals surface area contributed by atoms with E-state index in [0.717, 1.165) is 63.7 Å². The Balaban J connectivity index is 1.76. The van der Waals surface area contributed by atoms with Crippen LogP contribution in [0.15, 0.2) is 60.5 Å². The molecule has 4 nitrogen and oxygen atoms in total. The molecule has 0 N–H and O–H groups in total. The summed E-state index contributed by atoms with van der Waals surface area (Å²) in [5.41, 5.74) is 3.15. The molecule has 0 spiro atoms. The van der Waals surface area contributed by atoms with Crippen LogP contribution in [-0.2, 0) is 28.8 Å². The van der Waals surface area contributed by atoms with Crippen LogP contribution in [-0.4, -0.2) is 29.0 Å². The Kier molecular flexibility index (Phi) is 9.87. The van der Waals surface area contributed by atoms with Crippen LogP contribution >= 0.6 is 0 Å². The van der Waals surface area contributed by atoms with Crippen LogP contribution in [0.25, 0.3) is 22.3 Å². The molecule has 0 saturated carbocycles. The van der Waals surface area contributed by atoms with Gasteiger partial charge in [-0.2, -0.15) is 13.2 Å². The molecule has 0 fully saturated rings. The average Bonchev–Trinajstić information content (AvgIpc) is 2.89. The van der Waals surface area contributed by atoms with Crippen LogP contribution in [0.4, 0.5) is 17.6 Å². The minimum Gasteiger partial charge on any atom is -0.500 e. The predicted molar refractivity (Wildman–Crippen MR) is 150 cm³/mol. The van der Waals surface area contributed by atoms with Crippen LogP contribution < -0.4 is 0 Å². The van der Waals surface area contributed by atoms with Gasteiger partial charge in [0.05, 0.1) is 30.0 Å². The van der Waals surface area contributed by atoms with Gasteiger partial charge in [0.15, 0.2) is 0 Å². The summed E-state index contributed by atoms with van der Waals surface area (Å²) in [6.07, 6.45) is 1.82. The quantitative estimate of drug-likeness (QED) is 0.127. The molecule has 2 aromatic carbocycles. The molecule has 3 rings (SSSR count). The van der Waals surface area contributed by atoms with E-state index in [1.807, 2.05) is 6.07 Å². The van der Waals surface area contributed by atoms with Crippen LogP contribution in [0.1, 0.15) is 63.6 Å². The number of aryl methyl sites for hydroxylation is 2. The Labute approximate surface area is 233 Å². The highest BCUT2D eigenvalue weighted by molar-refractivity contribution is 5.84. The highest BCUT2D eigenvalue weighted by atomic mass is 19.4. The second-order valence-electron chi connectivity index (χ2n) is 10.5. The monoisotopic (exact) mass is 556 g/mol. The van der Waals surface area contributed by atoms with Gasteiger partial charge < -0.3 is 4.74 Å². The van der Waals surface area contributed by atoms with Gasteiger partial charge in [0.2, 0.25) is 0 Å². The molecule has 1 heterocycles. The number of methoxy groups -OCH3 is 1. The number of ether oxygens (including phenoxy) is 1. The number of halogens is 4. The van der Waals surface area contributed by atoms with Gasteiger partial charge in [-0.15, -0.1) is 0 Å². The first-order valence-electron chi connectivity index (χ1n) is 13.4. The van der Waals surface area contributed by atoms with Crippen molar-refractivity contribution >= 4 is 16.8 Å². The summed E-state index contributed by atoms with van der Waals surface area (Å²) in [7, 11) is 1.14. The van der Waals surface area contributed by atoms with E-state index in [9.17, 15) is 18.0 Å². The fourth-order valence-electron chi connectivity index (χ4n) is 4.46. The fourth-order valence-corrected chi connectivity index (χ4v) is 4.46. The Morgan fingerprint density at radius 3 is 2.35 bits per heavy atom.